The Balaban J connectivity index is 1.41. The topological polar surface area (TPSA) is 78.5 Å². The van der Waals surface area contributed by atoms with E-state index >= 15 is 0 Å². The number of carbonyl (C=O) groups excluding carboxylic acids is 3. The fraction of sp³-hybridized carbons (Fsp3) is 0.318. The van der Waals surface area contributed by atoms with Gasteiger partial charge in [-0.2, -0.15) is 0 Å². The summed E-state index contributed by atoms with van der Waals surface area (Å²) in [6.45, 7) is 1.07. The van der Waals surface area contributed by atoms with Gasteiger partial charge in [-0.15, -0.1) is 11.8 Å². The van der Waals surface area contributed by atoms with Crippen LogP contribution in [-0.2, 0) is 9.59 Å². The van der Waals surface area contributed by atoms with E-state index in [4.69, 9.17) is 0 Å². The lowest BCUT2D eigenvalue weighted by Gasteiger charge is -2.24. The molecule has 0 radical (unpaired) electrons. The van der Waals surface area contributed by atoms with Gasteiger partial charge in [-0.3, -0.25) is 14.4 Å². The highest BCUT2D eigenvalue weighted by Crippen LogP contribution is 2.22. The zero-order chi connectivity index (χ0) is 21.3. The molecule has 0 aromatic heterocycles. The van der Waals surface area contributed by atoms with Crippen molar-refractivity contribution in [3.8, 4) is 0 Å². The molecule has 1 aliphatic heterocycles. The standard InChI is InChI=1S/C22H24FN3O3S/c23-17-10-8-16(9-11-17)21(28)24-12-13-25-22(29)19-7-4-14-26(19)20(27)15-30-18-5-2-1-3-6-18/h1-3,5-6,8-11,19H,4,7,12-15H2,(H,24,28)(H,25,29)/t19-/m0/s1. The zero-order valence-electron chi connectivity index (χ0n) is 16.5. The SMILES string of the molecule is O=C(NCCNC(=O)[C@@H]1CCCN1C(=O)CSc1ccccc1)c1ccc(F)cc1. The van der Waals surface area contributed by atoms with Crippen LogP contribution in [0, 0.1) is 5.82 Å². The number of benzene rings is 2. The number of thioether (sulfide) groups is 1. The molecule has 3 rings (SSSR count). The van der Waals surface area contributed by atoms with Crippen molar-refractivity contribution in [3.63, 3.8) is 0 Å². The second-order valence-electron chi connectivity index (χ2n) is 6.90. The monoisotopic (exact) mass is 429 g/mol. The van der Waals surface area contributed by atoms with Gasteiger partial charge < -0.3 is 15.5 Å². The molecule has 3 amide bonds. The Bertz CT molecular complexity index is 877. The molecule has 2 aromatic rings. The van der Waals surface area contributed by atoms with Crippen LogP contribution in [0.25, 0.3) is 0 Å². The lowest BCUT2D eigenvalue weighted by molar-refractivity contribution is -0.136. The first kappa shape index (κ1) is 21.8. The summed E-state index contributed by atoms with van der Waals surface area (Å²) >= 11 is 1.46. The molecule has 0 aliphatic carbocycles. The van der Waals surface area contributed by atoms with E-state index in [0.717, 1.165) is 11.3 Å². The maximum Gasteiger partial charge on any atom is 0.251 e. The van der Waals surface area contributed by atoms with Crippen molar-refractivity contribution in [2.24, 2.45) is 0 Å². The van der Waals surface area contributed by atoms with E-state index in [2.05, 4.69) is 10.6 Å². The average Bonchev–Trinajstić information content (AvgIpc) is 3.26. The van der Waals surface area contributed by atoms with E-state index in [-0.39, 0.29) is 30.8 Å². The van der Waals surface area contributed by atoms with Gasteiger partial charge in [-0.1, -0.05) is 18.2 Å². The number of amides is 3. The number of nitrogens with one attached hydrogen (secondary N) is 2. The highest BCUT2D eigenvalue weighted by atomic mass is 32.2. The Morgan fingerprint density at radius 2 is 1.70 bits per heavy atom. The van der Waals surface area contributed by atoms with Gasteiger partial charge in [0.15, 0.2) is 0 Å². The molecule has 1 aliphatic rings. The minimum absolute atomic E-state index is 0.0499. The number of hydrogen-bond acceptors (Lipinski definition) is 4. The molecule has 1 fully saturated rings. The van der Waals surface area contributed by atoms with Crippen LogP contribution < -0.4 is 10.6 Å². The molecule has 0 bridgehead atoms. The lowest BCUT2D eigenvalue weighted by atomic mass is 10.2. The van der Waals surface area contributed by atoms with Gasteiger partial charge in [0.05, 0.1) is 5.75 Å². The first-order chi connectivity index (χ1) is 14.5. The van der Waals surface area contributed by atoms with E-state index in [1.807, 2.05) is 30.3 Å². The number of hydrogen-bond donors (Lipinski definition) is 2. The molecule has 1 saturated heterocycles. The second-order valence-corrected chi connectivity index (χ2v) is 7.95. The summed E-state index contributed by atoms with van der Waals surface area (Å²) in [5.74, 6) is -0.703. The van der Waals surface area contributed by atoms with Crippen LogP contribution >= 0.6 is 11.8 Å². The van der Waals surface area contributed by atoms with Gasteiger partial charge in [-0.05, 0) is 49.2 Å². The number of halogens is 1. The Morgan fingerprint density at radius 1 is 1.00 bits per heavy atom. The van der Waals surface area contributed by atoms with Gasteiger partial charge in [0.25, 0.3) is 5.91 Å². The Labute approximate surface area is 179 Å². The van der Waals surface area contributed by atoms with Gasteiger partial charge >= 0.3 is 0 Å². The second kappa shape index (κ2) is 10.8. The van der Waals surface area contributed by atoms with Crippen LogP contribution in [0.5, 0.6) is 0 Å². The lowest BCUT2D eigenvalue weighted by Crippen LogP contribution is -2.48. The summed E-state index contributed by atoms with van der Waals surface area (Å²) in [7, 11) is 0. The molecular formula is C22H24FN3O3S. The third-order valence-corrected chi connectivity index (χ3v) is 5.79. The van der Waals surface area contributed by atoms with E-state index in [9.17, 15) is 18.8 Å². The minimum Gasteiger partial charge on any atom is -0.353 e. The molecule has 158 valence electrons. The van der Waals surface area contributed by atoms with Crippen molar-refractivity contribution < 1.29 is 18.8 Å². The molecule has 30 heavy (non-hydrogen) atoms. The van der Waals surface area contributed by atoms with Crippen molar-refractivity contribution in [2.45, 2.75) is 23.8 Å². The van der Waals surface area contributed by atoms with Crippen molar-refractivity contribution in [1.82, 2.24) is 15.5 Å². The summed E-state index contributed by atoms with van der Waals surface area (Å²) in [6.07, 6.45) is 1.43. The number of rotatable bonds is 8. The van der Waals surface area contributed by atoms with E-state index < -0.39 is 11.9 Å². The smallest absolute Gasteiger partial charge is 0.251 e. The molecule has 6 nitrogen and oxygen atoms in total. The first-order valence-corrected chi connectivity index (χ1v) is 10.8. The first-order valence-electron chi connectivity index (χ1n) is 9.83. The van der Waals surface area contributed by atoms with Crippen LogP contribution in [0.3, 0.4) is 0 Å². The van der Waals surface area contributed by atoms with Crippen LogP contribution in [0.2, 0.25) is 0 Å². The number of carbonyl (C=O) groups is 3. The highest BCUT2D eigenvalue weighted by molar-refractivity contribution is 8.00. The predicted octanol–water partition coefficient (Wildman–Crippen LogP) is 2.46. The number of likely N-dealkylation sites (tertiary alicyclic amines) is 1. The Kier molecular flexibility index (Phi) is 7.84. The van der Waals surface area contributed by atoms with Gasteiger partial charge in [-0.25, -0.2) is 4.39 Å². The Morgan fingerprint density at radius 3 is 2.43 bits per heavy atom. The maximum atomic E-state index is 12.9. The fourth-order valence-corrected chi connectivity index (χ4v) is 4.07. The summed E-state index contributed by atoms with van der Waals surface area (Å²) in [6, 6.07) is 14.4. The maximum absolute atomic E-state index is 12.9. The van der Waals surface area contributed by atoms with Crippen molar-refractivity contribution in [1.29, 1.82) is 0 Å². The van der Waals surface area contributed by atoms with Gasteiger partial charge in [0.1, 0.15) is 11.9 Å². The van der Waals surface area contributed by atoms with Gasteiger partial charge in [0, 0.05) is 30.1 Å². The Hall–Kier alpha value is -2.87. The molecule has 8 heteroatoms. The molecule has 1 heterocycles. The third-order valence-electron chi connectivity index (χ3n) is 4.80. The molecule has 0 saturated carbocycles. The molecule has 2 aromatic carbocycles. The van der Waals surface area contributed by atoms with Crippen molar-refractivity contribution in [3.05, 3.63) is 66.0 Å². The summed E-state index contributed by atoms with van der Waals surface area (Å²) in [5.41, 5.74) is 0.353. The summed E-state index contributed by atoms with van der Waals surface area (Å²) < 4.78 is 12.9. The fourth-order valence-electron chi connectivity index (χ4n) is 3.27. The van der Waals surface area contributed by atoms with Crippen molar-refractivity contribution >= 4 is 29.5 Å². The van der Waals surface area contributed by atoms with Gasteiger partial charge in [0.2, 0.25) is 11.8 Å². The molecule has 2 N–H and O–H groups in total. The largest absolute Gasteiger partial charge is 0.353 e. The third kappa shape index (κ3) is 6.06. The zero-order valence-corrected chi connectivity index (χ0v) is 17.3. The van der Waals surface area contributed by atoms with Crippen LogP contribution in [0.1, 0.15) is 23.2 Å². The molecule has 0 spiro atoms. The predicted molar refractivity (Wildman–Crippen MR) is 114 cm³/mol. The quantitative estimate of drug-likeness (QED) is 0.499. The van der Waals surface area contributed by atoms with Crippen molar-refractivity contribution in [2.75, 3.05) is 25.4 Å². The van der Waals surface area contributed by atoms with E-state index in [1.165, 1.54) is 36.0 Å². The average molecular weight is 430 g/mol. The summed E-state index contributed by atoms with van der Waals surface area (Å²) in [4.78, 5) is 39.7. The molecular weight excluding hydrogens is 405 g/mol. The van der Waals surface area contributed by atoms with E-state index in [0.29, 0.717) is 24.3 Å². The minimum atomic E-state index is -0.471. The van der Waals surface area contributed by atoms with E-state index in [1.54, 1.807) is 4.90 Å². The summed E-state index contributed by atoms with van der Waals surface area (Å²) in [5, 5.41) is 5.46. The molecule has 1 atom stereocenters. The normalized spacial score (nSPS) is 15.6. The number of nitrogens with zero attached hydrogens (tertiary/aromatic N) is 1. The highest BCUT2D eigenvalue weighted by Gasteiger charge is 2.33. The van der Waals surface area contributed by atoms with Crippen LogP contribution in [0.15, 0.2) is 59.5 Å². The van der Waals surface area contributed by atoms with Crippen LogP contribution in [-0.4, -0.2) is 54.1 Å². The van der Waals surface area contributed by atoms with Crippen LogP contribution in [0.4, 0.5) is 4.39 Å². The molecule has 0 unspecified atom stereocenters.